The number of carbonyl (C=O) groups is 2. The zero-order valence-electron chi connectivity index (χ0n) is 23.1. The number of hydrogen-bond donors (Lipinski definition) is 6. The van der Waals surface area contributed by atoms with E-state index in [0.717, 1.165) is 35.3 Å². The lowest BCUT2D eigenvalue weighted by atomic mass is 9.49. The van der Waals surface area contributed by atoms with Gasteiger partial charge in [-0.3, -0.25) is 9.59 Å². The molecular formula is C34H42N2O8. The predicted molar refractivity (Wildman–Crippen MR) is 160 cm³/mol. The van der Waals surface area contributed by atoms with Crippen LogP contribution in [0.5, 0.6) is 23.0 Å². The molecule has 0 aromatic heterocycles. The smallest absolute Gasteiger partial charge is 0.174 e. The van der Waals surface area contributed by atoms with Crippen molar-refractivity contribution in [2.75, 3.05) is 13.1 Å². The Hall–Kier alpha value is -3.18. The van der Waals surface area contributed by atoms with E-state index in [9.17, 15) is 30.0 Å². The lowest BCUT2D eigenvalue weighted by molar-refractivity contribution is -0.166. The number of aromatic hydroxyl groups is 2. The van der Waals surface area contributed by atoms with E-state index in [1.807, 2.05) is 12.1 Å². The molecule has 4 aliphatic heterocycles. The zero-order valence-corrected chi connectivity index (χ0v) is 23.1. The molecule has 8 aliphatic rings. The minimum atomic E-state index is -0.962. The number of phenols is 2. The first-order valence-corrected chi connectivity index (χ1v) is 15.2. The summed E-state index contributed by atoms with van der Waals surface area (Å²) in [7, 11) is 0. The summed E-state index contributed by atoms with van der Waals surface area (Å²) in [6.45, 7) is 1.52. The number of aliphatic hydroxyl groups is 2. The van der Waals surface area contributed by atoms with Gasteiger partial charge >= 0.3 is 0 Å². The molecule has 4 bridgehead atoms. The standard InChI is InChI=1S/2C16H17NO4.2CH4/c2*18-9-2-1-8-7-11-16(20)4-3-10(19)14-15(16,5-6-17-11)12(8)13(9)21-14;;/h2*1-2,11,14,17-18,20H,3-7H2;2*1H4/t2*11?,14-,15-,16+;;/m10../s1. The second-order valence-corrected chi connectivity index (χ2v) is 13.5. The van der Waals surface area contributed by atoms with Crippen LogP contribution in [0.15, 0.2) is 24.3 Å². The minimum Gasteiger partial charge on any atom is -0.504 e. The van der Waals surface area contributed by atoms with Gasteiger partial charge in [0, 0.05) is 36.1 Å². The molecule has 4 heterocycles. The number of nitrogens with one attached hydrogen (secondary N) is 2. The zero-order chi connectivity index (χ0) is 28.8. The Morgan fingerprint density at radius 3 is 1.48 bits per heavy atom. The van der Waals surface area contributed by atoms with Crippen LogP contribution < -0.4 is 20.1 Å². The Morgan fingerprint density at radius 2 is 1.07 bits per heavy atom. The van der Waals surface area contributed by atoms with Gasteiger partial charge in [-0.25, -0.2) is 0 Å². The minimum absolute atomic E-state index is 0. The maximum atomic E-state index is 12.4. The van der Waals surface area contributed by atoms with Crippen molar-refractivity contribution < 1.29 is 39.5 Å². The van der Waals surface area contributed by atoms with Gasteiger partial charge in [-0.05, 0) is 74.9 Å². The first kappa shape index (κ1) is 29.5. The average molecular weight is 607 g/mol. The maximum Gasteiger partial charge on any atom is 0.174 e. The lowest BCUT2D eigenvalue weighted by Gasteiger charge is -2.59. The molecule has 10 heteroatoms. The molecular weight excluding hydrogens is 564 g/mol. The Bertz CT molecular complexity index is 1490. The summed E-state index contributed by atoms with van der Waals surface area (Å²) in [6.07, 6.45) is 3.08. The van der Waals surface area contributed by atoms with Crippen LogP contribution in [-0.4, -0.2) is 80.6 Å². The molecule has 0 radical (unpaired) electrons. The third-order valence-electron chi connectivity index (χ3n) is 12.2. The van der Waals surface area contributed by atoms with Crippen LogP contribution in [0.1, 0.15) is 75.6 Å². The van der Waals surface area contributed by atoms with Crippen LogP contribution in [0, 0.1) is 0 Å². The summed E-state index contributed by atoms with van der Waals surface area (Å²) < 4.78 is 11.8. The number of benzene rings is 2. The van der Waals surface area contributed by atoms with Crippen molar-refractivity contribution in [1.29, 1.82) is 0 Å². The molecule has 2 unspecified atom stereocenters. The van der Waals surface area contributed by atoms with Crippen molar-refractivity contribution in [2.45, 2.75) is 113 Å². The van der Waals surface area contributed by atoms with Gasteiger partial charge in [0.25, 0.3) is 0 Å². The highest BCUT2D eigenvalue weighted by molar-refractivity contribution is 5.91. The van der Waals surface area contributed by atoms with E-state index in [4.69, 9.17) is 9.47 Å². The van der Waals surface area contributed by atoms with Crippen LogP contribution in [0.4, 0.5) is 0 Å². The molecule has 6 N–H and O–H groups in total. The van der Waals surface area contributed by atoms with Gasteiger partial charge in [-0.1, -0.05) is 27.0 Å². The molecule has 2 spiro atoms. The van der Waals surface area contributed by atoms with Gasteiger partial charge < -0.3 is 40.5 Å². The molecule has 236 valence electrons. The van der Waals surface area contributed by atoms with E-state index in [1.165, 1.54) is 0 Å². The van der Waals surface area contributed by atoms with Gasteiger partial charge in [-0.2, -0.15) is 0 Å². The van der Waals surface area contributed by atoms with E-state index < -0.39 is 34.2 Å². The van der Waals surface area contributed by atoms with Crippen LogP contribution >= 0.6 is 0 Å². The number of hydrogen-bond acceptors (Lipinski definition) is 10. The Balaban J connectivity index is 0.000000136. The summed E-state index contributed by atoms with van der Waals surface area (Å²) >= 11 is 0. The fourth-order valence-electron chi connectivity index (χ4n) is 10.4. The van der Waals surface area contributed by atoms with Gasteiger partial charge in [0.05, 0.1) is 22.0 Å². The van der Waals surface area contributed by atoms with Gasteiger partial charge in [0.15, 0.2) is 46.8 Å². The Labute approximate surface area is 256 Å². The van der Waals surface area contributed by atoms with E-state index >= 15 is 0 Å². The molecule has 2 saturated carbocycles. The normalized spacial score (nSPS) is 40.5. The van der Waals surface area contributed by atoms with Crippen molar-refractivity contribution in [3.63, 3.8) is 0 Å². The quantitative estimate of drug-likeness (QED) is 0.262. The topological polar surface area (TPSA) is 158 Å². The van der Waals surface area contributed by atoms with E-state index in [2.05, 4.69) is 10.6 Å². The van der Waals surface area contributed by atoms with Crippen LogP contribution in [0.25, 0.3) is 0 Å². The second-order valence-electron chi connectivity index (χ2n) is 13.5. The molecule has 4 fully saturated rings. The highest BCUT2D eigenvalue weighted by Crippen LogP contribution is 2.65. The molecule has 10 nitrogen and oxygen atoms in total. The molecule has 10 rings (SSSR count). The van der Waals surface area contributed by atoms with Crippen LogP contribution in [0.3, 0.4) is 0 Å². The Morgan fingerprint density at radius 1 is 0.659 bits per heavy atom. The maximum absolute atomic E-state index is 12.4. The number of rotatable bonds is 0. The van der Waals surface area contributed by atoms with Crippen molar-refractivity contribution in [2.24, 2.45) is 0 Å². The molecule has 4 aliphatic carbocycles. The number of ether oxygens (including phenoxy) is 2. The fourth-order valence-corrected chi connectivity index (χ4v) is 10.4. The second kappa shape index (κ2) is 9.19. The van der Waals surface area contributed by atoms with E-state index in [-0.39, 0.29) is 50.0 Å². The first-order valence-electron chi connectivity index (χ1n) is 15.2. The van der Waals surface area contributed by atoms with Crippen LogP contribution in [0.2, 0.25) is 0 Å². The molecule has 44 heavy (non-hydrogen) atoms. The third-order valence-corrected chi connectivity index (χ3v) is 12.2. The molecule has 0 amide bonds. The molecule has 8 atom stereocenters. The van der Waals surface area contributed by atoms with E-state index in [1.54, 1.807) is 12.1 Å². The van der Waals surface area contributed by atoms with Crippen molar-refractivity contribution in [1.82, 2.24) is 10.6 Å². The SMILES string of the molecule is C.C.O=C1CC[C@@]2(O)C3Cc4ccc(O)c5c4[C@@]2(CCN3)[C@H]1O5.O=C1CC[C@]2(O)C3Cc4ccc(O)c5c4[C@]2(CCN3)[C@@H]1O5. The summed E-state index contributed by atoms with van der Waals surface area (Å²) in [4.78, 5) is 24.9. The number of piperidine rings is 2. The number of ketones is 2. The average Bonchev–Trinajstić information content (AvgIpc) is 3.50. The first-order chi connectivity index (χ1) is 20.2. The summed E-state index contributed by atoms with van der Waals surface area (Å²) in [6, 6.07) is 6.97. The Kier molecular flexibility index (Phi) is 6.17. The molecule has 2 saturated heterocycles. The van der Waals surface area contributed by atoms with Crippen molar-refractivity contribution in [3.05, 3.63) is 46.5 Å². The summed E-state index contributed by atoms with van der Waals surface area (Å²) in [5.41, 5.74) is 0.663. The number of carbonyl (C=O) groups excluding carboxylic acids is 2. The lowest BCUT2D eigenvalue weighted by Crippen LogP contribution is -2.76. The summed E-state index contributed by atoms with van der Waals surface area (Å²) in [5, 5.41) is 50.0. The summed E-state index contributed by atoms with van der Waals surface area (Å²) in [5.74, 6) is 1.08. The highest BCUT2D eigenvalue weighted by Gasteiger charge is 2.73. The van der Waals surface area contributed by atoms with Gasteiger partial charge in [0.1, 0.15) is 0 Å². The predicted octanol–water partition coefficient (Wildman–Crippen LogP) is 2.08. The monoisotopic (exact) mass is 606 g/mol. The van der Waals surface area contributed by atoms with E-state index in [0.29, 0.717) is 62.9 Å². The third kappa shape index (κ3) is 3.05. The molecule has 2 aromatic rings. The van der Waals surface area contributed by atoms with Gasteiger partial charge in [-0.15, -0.1) is 0 Å². The number of phenolic OH excluding ortho intramolecular Hbond substituents is 2. The fraction of sp³-hybridized carbons (Fsp3) is 0.588. The largest absolute Gasteiger partial charge is 0.504 e. The van der Waals surface area contributed by atoms with Gasteiger partial charge in [0.2, 0.25) is 0 Å². The van der Waals surface area contributed by atoms with Crippen molar-refractivity contribution >= 4 is 11.6 Å². The van der Waals surface area contributed by atoms with Crippen LogP contribution in [-0.2, 0) is 33.3 Å². The highest BCUT2D eigenvalue weighted by atomic mass is 16.5. The molecule has 2 aromatic carbocycles. The number of Topliss-reactive ketones (excluding diaryl/α,β-unsaturated/α-hetero) is 2. The van der Waals surface area contributed by atoms with Crippen molar-refractivity contribution in [3.8, 4) is 23.0 Å².